The van der Waals surface area contributed by atoms with E-state index in [1.807, 2.05) is 0 Å². The molecule has 0 heterocycles. The summed E-state index contributed by atoms with van der Waals surface area (Å²) in [6.45, 7) is 3.14. The molecule has 0 aromatic rings. The lowest BCUT2D eigenvalue weighted by molar-refractivity contribution is -0.0415. The first kappa shape index (κ1) is 21.9. The van der Waals surface area contributed by atoms with Crippen LogP contribution in [-0.2, 0) is 23.7 Å². The normalized spacial score (nSPS) is 11.7. The first-order valence-electron chi connectivity index (χ1n) is 7.08. The first-order chi connectivity index (χ1) is 11.2. The Labute approximate surface area is 139 Å². The Morgan fingerprint density at radius 3 is 2.13 bits per heavy atom. The van der Waals surface area contributed by atoms with Crippen molar-refractivity contribution in [1.29, 1.82) is 0 Å². The lowest BCUT2D eigenvalue weighted by atomic mass is 10.4. The second-order valence-corrected chi connectivity index (χ2v) is 4.40. The number of hydrogen-bond acceptors (Lipinski definition) is 8. The van der Waals surface area contributed by atoms with Gasteiger partial charge in [0.1, 0.15) is 6.10 Å². The van der Waals surface area contributed by atoms with Gasteiger partial charge in [0, 0.05) is 29.6 Å². The third-order valence-corrected chi connectivity index (χ3v) is 2.36. The van der Waals surface area contributed by atoms with Crippen molar-refractivity contribution in [3.63, 3.8) is 0 Å². The highest BCUT2D eigenvalue weighted by molar-refractivity contribution is 6.61. The molecule has 0 rings (SSSR count). The fourth-order valence-corrected chi connectivity index (χ4v) is 1.48. The minimum absolute atomic E-state index is 0.127. The maximum absolute atomic E-state index is 10.8. The summed E-state index contributed by atoms with van der Waals surface area (Å²) in [6.07, 6.45) is -0.613. The first-order valence-corrected chi connectivity index (χ1v) is 7.46. The third-order valence-electron chi connectivity index (χ3n) is 2.27. The average molecular weight is 355 g/mol. The molecular weight excluding hydrogens is 332 g/mol. The molecule has 0 saturated carbocycles. The SMILES string of the molecule is [N-]=[N+]=NCCOCCOCC(COCCOCCN)OC(=O)Cl. The molecule has 0 bridgehead atoms. The summed E-state index contributed by atoms with van der Waals surface area (Å²) in [7, 11) is 0. The molecule has 11 heteroatoms. The number of halogens is 1. The Hall–Kier alpha value is -1.13. The smallest absolute Gasteiger partial charge is 0.404 e. The van der Waals surface area contributed by atoms with Crippen molar-refractivity contribution in [1.82, 2.24) is 0 Å². The number of rotatable bonds is 16. The second-order valence-electron chi connectivity index (χ2n) is 4.10. The maximum Gasteiger partial charge on any atom is 0.404 e. The van der Waals surface area contributed by atoms with Crippen molar-refractivity contribution in [2.24, 2.45) is 10.8 Å². The molecule has 23 heavy (non-hydrogen) atoms. The average Bonchev–Trinajstić information content (AvgIpc) is 2.52. The van der Waals surface area contributed by atoms with Crippen molar-refractivity contribution in [2.75, 3.05) is 65.9 Å². The minimum atomic E-state index is -0.924. The van der Waals surface area contributed by atoms with Gasteiger partial charge in [-0.2, -0.15) is 0 Å². The Kier molecular flexibility index (Phi) is 16.4. The van der Waals surface area contributed by atoms with E-state index in [-0.39, 0.29) is 19.8 Å². The van der Waals surface area contributed by atoms with Crippen LogP contribution in [0, 0.1) is 0 Å². The van der Waals surface area contributed by atoms with Crippen LogP contribution in [0.3, 0.4) is 0 Å². The number of carbonyl (C=O) groups excluding carboxylic acids is 1. The van der Waals surface area contributed by atoms with Crippen LogP contribution in [0.1, 0.15) is 0 Å². The van der Waals surface area contributed by atoms with Crippen LogP contribution < -0.4 is 5.73 Å². The molecule has 0 aliphatic carbocycles. The van der Waals surface area contributed by atoms with Gasteiger partial charge in [0.25, 0.3) is 0 Å². The van der Waals surface area contributed by atoms with Crippen LogP contribution in [0.4, 0.5) is 4.79 Å². The molecule has 0 aliphatic rings. The van der Waals surface area contributed by atoms with Gasteiger partial charge in [0.05, 0.1) is 52.9 Å². The second kappa shape index (κ2) is 17.2. The van der Waals surface area contributed by atoms with Crippen LogP contribution in [0.5, 0.6) is 0 Å². The van der Waals surface area contributed by atoms with E-state index in [2.05, 4.69) is 10.0 Å². The summed E-state index contributed by atoms with van der Waals surface area (Å²) in [5, 5.41) is 3.32. The van der Waals surface area contributed by atoms with Gasteiger partial charge in [-0.1, -0.05) is 5.11 Å². The molecular formula is C12H23ClN4O6. The standard InChI is InChI=1S/C12H23ClN4O6/c13-12(18)23-11(9-21-7-5-19-3-1-14)10-22-8-6-20-4-2-16-17-15/h11H,1-10,14H2. The molecule has 0 spiro atoms. The van der Waals surface area contributed by atoms with Crippen molar-refractivity contribution >= 4 is 17.0 Å². The number of nitrogens with two attached hydrogens (primary N) is 1. The van der Waals surface area contributed by atoms with E-state index in [4.69, 9.17) is 46.6 Å². The fourth-order valence-electron chi connectivity index (χ4n) is 1.35. The third kappa shape index (κ3) is 17.1. The Bertz CT molecular complexity index is 344. The number of carbonyl (C=O) groups is 1. The van der Waals surface area contributed by atoms with Gasteiger partial charge in [-0.15, -0.1) is 0 Å². The summed E-state index contributed by atoms with van der Waals surface area (Å²) >= 11 is 5.19. The lowest BCUT2D eigenvalue weighted by Crippen LogP contribution is -2.28. The quantitative estimate of drug-likeness (QED) is 0.144. The molecule has 0 aromatic heterocycles. The zero-order valence-electron chi connectivity index (χ0n) is 12.9. The van der Waals surface area contributed by atoms with Gasteiger partial charge in [-0.3, -0.25) is 0 Å². The van der Waals surface area contributed by atoms with Crippen molar-refractivity contribution in [3.05, 3.63) is 10.4 Å². The predicted molar refractivity (Wildman–Crippen MR) is 82.5 cm³/mol. The van der Waals surface area contributed by atoms with Crippen molar-refractivity contribution < 1.29 is 28.5 Å². The monoisotopic (exact) mass is 354 g/mol. The summed E-state index contributed by atoms with van der Waals surface area (Å²) in [5.41, 5.74) is 12.4. The van der Waals surface area contributed by atoms with Gasteiger partial charge in [-0.25, -0.2) is 4.79 Å². The van der Waals surface area contributed by atoms with E-state index in [9.17, 15) is 4.79 Å². The van der Waals surface area contributed by atoms with Crippen LogP contribution in [-0.4, -0.2) is 77.5 Å². The van der Waals surface area contributed by atoms with E-state index >= 15 is 0 Å². The summed E-state index contributed by atoms with van der Waals surface area (Å²) in [4.78, 5) is 13.4. The Balaban J connectivity index is 3.66. The van der Waals surface area contributed by atoms with Crippen molar-refractivity contribution in [3.8, 4) is 0 Å². The molecule has 0 radical (unpaired) electrons. The van der Waals surface area contributed by atoms with Crippen LogP contribution in [0.2, 0.25) is 0 Å². The highest BCUT2D eigenvalue weighted by Gasteiger charge is 2.13. The predicted octanol–water partition coefficient (Wildman–Crippen LogP) is 1.07. The van der Waals surface area contributed by atoms with Gasteiger partial charge >= 0.3 is 5.43 Å². The van der Waals surface area contributed by atoms with Crippen LogP contribution in [0.15, 0.2) is 5.11 Å². The van der Waals surface area contributed by atoms with E-state index in [0.717, 1.165) is 0 Å². The summed E-state index contributed by atoms with van der Waals surface area (Å²) in [5.74, 6) is 0. The van der Waals surface area contributed by atoms with E-state index in [1.165, 1.54) is 0 Å². The van der Waals surface area contributed by atoms with E-state index < -0.39 is 11.5 Å². The fraction of sp³-hybridized carbons (Fsp3) is 0.917. The molecule has 0 aliphatic heterocycles. The topological polar surface area (TPSA) is 138 Å². The molecule has 10 nitrogen and oxygen atoms in total. The number of azide groups is 1. The van der Waals surface area contributed by atoms with Gasteiger partial charge in [-0.05, 0) is 5.53 Å². The molecule has 0 fully saturated rings. The Morgan fingerprint density at radius 1 is 1.04 bits per heavy atom. The molecule has 2 N–H and O–H groups in total. The van der Waals surface area contributed by atoms with Gasteiger partial charge in [0.15, 0.2) is 0 Å². The van der Waals surface area contributed by atoms with Crippen LogP contribution in [0.25, 0.3) is 10.4 Å². The van der Waals surface area contributed by atoms with Gasteiger partial charge in [0.2, 0.25) is 0 Å². The number of ether oxygens (including phenoxy) is 5. The molecule has 1 unspecified atom stereocenters. The molecule has 1 atom stereocenters. The van der Waals surface area contributed by atoms with Gasteiger partial charge < -0.3 is 29.4 Å². The zero-order chi connectivity index (χ0) is 17.2. The molecule has 134 valence electrons. The highest BCUT2D eigenvalue weighted by Crippen LogP contribution is 2.00. The number of nitrogens with zero attached hydrogens (tertiary/aromatic N) is 3. The number of hydrogen-bond donors (Lipinski definition) is 1. The largest absolute Gasteiger partial charge is 0.445 e. The molecule has 0 amide bonds. The van der Waals surface area contributed by atoms with E-state index in [0.29, 0.717) is 46.2 Å². The molecule has 0 aromatic carbocycles. The maximum atomic E-state index is 10.8. The lowest BCUT2D eigenvalue weighted by Gasteiger charge is -2.16. The van der Waals surface area contributed by atoms with E-state index in [1.54, 1.807) is 0 Å². The van der Waals surface area contributed by atoms with Crippen LogP contribution >= 0.6 is 11.6 Å². The Morgan fingerprint density at radius 2 is 1.61 bits per heavy atom. The zero-order valence-corrected chi connectivity index (χ0v) is 13.7. The van der Waals surface area contributed by atoms with Crippen molar-refractivity contribution in [2.45, 2.75) is 6.10 Å². The molecule has 0 saturated heterocycles. The minimum Gasteiger partial charge on any atom is -0.445 e. The highest BCUT2D eigenvalue weighted by atomic mass is 35.5. The summed E-state index contributed by atoms with van der Waals surface area (Å²) in [6, 6.07) is 0. The summed E-state index contributed by atoms with van der Waals surface area (Å²) < 4.78 is 25.8.